The summed E-state index contributed by atoms with van der Waals surface area (Å²) < 4.78 is 12.1. The molecule has 10 heteroatoms. The maximum absolute atomic E-state index is 12.3. The molecule has 0 unspecified atom stereocenters. The molecule has 0 saturated heterocycles. The Balaban J connectivity index is 1.68. The first-order valence-corrected chi connectivity index (χ1v) is 11.1. The minimum Gasteiger partial charge on any atom is -0.493 e. The predicted octanol–water partition coefficient (Wildman–Crippen LogP) is 5.51. The molecule has 0 bridgehead atoms. The fourth-order valence-electron chi connectivity index (χ4n) is 2.79. The maximum Gasteiger partial charge on any atom is 0.271 e. The molecule has 0 saturated carbocycles. The Bertz CT molecular complexity index is 1220. The lowest BCUT2D eigenvalue weighted by Crippen LogP contribution is -2.17. The van der Waals surface area contributed by atoms with Crippen LogP contribution in [0.5, 0.6) is 11.5 Å². The molecule has 0 fully saturated rings. The van der Waals surface area contributed by atoms with Gasteiger partial charge in [0.2, 0.25) is 0 Å². The largest absolute Gasteiger partial charge is 0.493 e. The number of carbonyl (C=O) groups is 1. The van der Waals surface area contributed by atoms with E-state index in [1.807, 2.05) is 13.0 Å². The maximum atomic E-state index is 12.3. The molecule has 1 amide bonds. The highest BCUT2D eigenvalue weighted by atomic mass is 127. The molecular formula is C23H19ClIN3O5. The van der Waals surface area contributed by atoms with Crippen molar-refractivity contribution in [1.29, 1.82) is 0 Å². The fourth-order valence-corrected chi connectivity index (χ4v) is 3.75. The monoisotopic (exact) mass is 579 g/mol. The van der Waals surface area contributed by atoms with E-state index >= 15 is 0 Å². The van der Waals surface area contributed by atoms with Gasteiger partial charge in [-0.3, -0.25) is 14.9 Å². The Morgan fingerprint density at radius 3 is 2.58 bits per heavy atom. The summed E-state index contributed by atoms with van der Waals surface area (Å²) in [4.78, 5) is 22.6. The first-order valence-electron chi connectivity index (χ1n) is 9.61. The highest BCUT2D eigenvalue weighted by Crippen LogP contribution is 2.34. The summed E-state index contributed by atoms with van der Waals surface area (Å²) in [6.45, 7) is 2.07. The number of nitro benzene ring substituents is 1. The molecule has 1 N–H and O–H groups in total. The number of hydrazone groups is 1. The topological polar surface area (TPSA) is 103 Å². The van der Waals surface area contributed by atoms with Gasteiger partial charge in [-0.2, -0.15) is 5.10 Å². The molecule has 8 nitrogen and oxygen atoms in total. The van der Waals surface area contributed by atoms with Crippen LogP contribution in [-0.4, -0.2) is 24.2 Å². The zero-order chi connectivity index (χ0) is 24.0. The van der Waals surface area contributed by atoms with Crippen molar-refractivity contribution in [3.63, 3.8) is 0 Å². The van der Waals surface area contributed by atoms with E-state index in [2.05, 4.69) is 33.1 Å². The quantitative estimate of drug-likeness (QED) is 0.164. The lowest BCUT2D eigenvalue weighted by molar-refractivity contribution is -0.384. The summed E-state index contributed by atoms with van der Waals surface area (Å²) in [6.07, 6.45) is 1.50. The van der Waals surface area contributed by atoms with Crippen molar-refractivity contribution in [2.45, 2.75) is 13.5 Å². The zero-order valence-corrected chi connectivity index (χ0v) is 20.6. The molecule has 0 heterocycles. The van der Waals surface area contributed by atoms with Crippen molar-refractivity contribution >= 4 is 52.0 Å². The van der Waals surface area contributed by atoms with E-state index in [1.54, 1.807) is 36.4 Å². The molecule has 0 aliphatic rings. The van der Waals surface area contributed by atoms with Crippen molar-refractivity contribution in [1.82, 2.24) is 5.43 Å². The van der Waals surface area contributed by atoms with Gasteiger partial charge < -0.3 is 9.47 Å². The second-order valence-corrected chi connectivity index (χ2v) is 8.48. The normalized spacial score (nSPS) is 10.8. The van der Waals surface area contributed by atoms with Crippen LogP contribution in [0.15, 0.2) is 59.7 Å². The number of nitrogens with zero attached hydrogens (tertiary/aromatic N) is 2. The molecule has 0 aliphatic heterocycles. The number of aryl methyl sites for hydroxylation is 1. The van der Waals surface area contributed by atoms with Crippen LogP contribution in [0.1, 0.15) is 27.0 Å². The highest BCUT2D eigenvalue weighted by Gasteiger charge is 2.13. The van der Waals surface area contributed by atoms with Gasteiger partial charge in [0.1, 0.15) is 6.61 Å². The minimum atomic E-state index is -0.449. The molecule has 170 valence electrons. The van der Waals surface area contributed by atoms with Gasteiger partial charge in [-0.15, -0.1) is 0 Å². The molecule has 0 aromatic heterocycles. The third kappa shape index (κ3) is 6.42. The van der Waals surface area contributed by atoms with Gasteiger partial charge >= 0.3 is 0 Å². The number of methoxy groups -OCH3 is 1. The molecule has 3 rings (SSSR count). The third-order valence-electron chi connectivity index (χ3n) is 4.60. The number of hydrogen-bond donors (Lipinski definition) is 1. The molecule has 3 aromatic carbocycles. The van der Waals surface area contributed by atoms with E-state index in [0.717, 1.165) is 14.7 Å². The Morgan fingerprint density at radius 2 is 1.94 bits per heavy atom. The lowest BCUT2D eigenvalue weighted by atomic mass is 10.1. The average Bonchev–Trinajstić information content (AvgIpc) is 2.80. The number of rotatable bonds is 8. The number of hydrogen-bond acceptors (Lipinski definition) is 6. The number of ether oxygens (including phenoxy) is 2. The minimum absolute atomic E-state index is 0.0205. The summed E-state index contributed by atoms with van der Waals surface area (Å²) in [6, 6.07) is 14.7. The Hall–Kier alpha value is -3.18. The number of non-ortho nitro benzene ring substituents is 1. The van der Waals surface area contributed by atoms with Gasteiger partial charge in [0.15, 0.2) is 11.5 Å². The van der Waals surface area contributed by atoms with Crippen LogP contribution in [-0.2, 0) is 6.61 Å². The van der Waals surface area contributed by atoms with Crippen molar-refractivity contribution < 1.29 is 19.2 Å². The average molecular weight is 580 g/mol. The fraction of sp³-hybridized carbons (Fsp3) is 0.130. The molecule has 33 heavy (non-hydrogen) atoms. The number of nitro groups is 1. The van der Waals surface area contributed by atoms with E-state index in [-0.39, 0.29) is 18.2 Å². The van der Waals surface area contributed by atoms with Crippen LogP contribution < -0.4 is 14.9 Å². The van der Waals surface area contributed by atoms with E-state index in [1.165, 1.54) is 25.5 Å². The molecule has 3 aromatic rings. The Kier molecular flexibility index (Phi) is 8.23. The van der Waals surface area contributed by atoms with Crippen molar-refractivity contribution in [2.75, 3.05) is 7.11 Å². The number of benzene rings is 3. The lowest BCUT2D eigenvalue weighted by Gasteiger charge is -2.13. The van der Waals surface area contributed by atoms with Crippen LogP contribution in [0.3, 0.4) is 0 Å². The second-order valence-electron chi connectivity index (χ2n) is 6.91. The van der Waals surface area contributed by atoms with Gasteiger partial charge in [0.05, 0.1) is 21.8 Å². The van der Waals surface area contributed by atoms with E-state index < -0.39 is 4.92 Å². The molecule has 0 atom stereocenters. The van der Waals surface area contributed by atoms with Gasteiger partial charge in [0.25, 0.3) is 11.6 Å². The molecular weight excluding hydrogens is 561 g/mol. The SMILES string of the molecule is COc1cc(/C=N\NC(=O)c2ccc(C)c(Cl)c2)cc(I)c1OCc1ccc([N+](=O)[O-])cc1. The summed E-state index contributed by atoms with van der Waals surface area (Å²) in [5.41, 5.74) is 5.26. The third-order valence-corrected chi connectivity index (χ3v) is 5.80. The summed E-state index contributed by atoms with van der Waals surface area (Å²) >= 11 is 8.18. The number of halogens is 2. The van der Waals surface area contributed by atoms with Gasteiger partial charge in [-0.1, -0.05) is 17.7 Å². The predicted molar refractivity (Wildman–Crippen MR) is 134 cm³/mol. The molecule has 0 radical (unpaired) electrons. The van der Waals surface area contributed by atoms with Crippen LogP contribution in [0.4, 0.5) is 5.69 Å². The van der Waals surface area contributed by atoms with Crippen LogP contribution in [0.25, 0.3) is 0 Å². The van der Waals surface area contributed by atoms with E-state index in [9.17, 15) is 14.9 Å². The number of carbonyl (C=O) groups excluding carboxylic acids is 1. The first kappa shape index (κ1) is 24.5. The Morgan fingerprint density at radius 1 is 1.21 bits per heavy atom. The van der Waals surface area contributed by atoms with E-state index in [4.69, 9.17) is 21.1 Å². The van der Waals surface area contributed by atoms with E-state index in [0.29, 0.717) is 27.6 Å². The smallest absolute Gasteiger partial charge is 0.271 e. The standard InChI is InChI=1S/C23H19ClIN3O5/c1-14-3-6-17(11-19(14)24)23(29)27-26-12-16-9-20(25)22(21(10-16)32-2)33-13-15-4-7-18(8-5-15)28(30)31/h3-12H,13H2,1-2H3,(H,27,29)/b26-12-. The summed E-state index contributed by atoms with van der Waals surface area (Å²) in [5, 5.41) is 15.3. The molecule has 0 spiro atoms. The van der Waals surface area contributed by atoms with Crippen LogP contribution in [0.2, 0.25) is 5.02 Å². The number of nitrogens with one attached hydrogen (secondary N) is 1. The van der Waals surface area contributed by atoms with Crippen molar-refractivity contribution in [3.05, 3.63) is 95.6 Å². The Labute approximate surface area is 208 Å². The van der Waals surface area contributed by atoms with Crippen molar-refractivity contribution in [3.8, 4) is 11.5 Å². The summed E-state index contributed by atoms with van der Waals surface area (Å²) in [5.74, 6) is 0.645. The zero-order valence-electron chi connectivity index (χ0n) is 17.7. The van der Waals surface area contributed by atoms with Gasteiger partial charge in [-0.25, -0.2) is 5.43 Å². The highest BCUT2D eigenvalue weighted by molar-refractivity contribution is 14.1. The van der Waals surface area contributed by atoms with Crippen molar-refractivity contribution in [2.24, 2.45) is 5.10 Å². The first-order chi connectivity index (χ1) is 15.8. The summed E-state index contributed by atoms with van der Waals surface area (Å²) in [7, 11) is 1.52. The van der Waals surface area contributed by atoms with Gasteiger partial charge in [0, 0.05) is 22.7 Å². The number of amides is 1. The van der Waals surface area contributed by atoms with Gasteiger partial charge in [-0.05, 0) is 82.6 Å². The molecule has 0 aliphatic carbocycles. The van der Waals surface area contributed by atoms with Crippen LogP contribution in [0, 0.1) is 20.6 Å². The second kappa shape index (κ2) is 11.1. The van der Waals surface area contributed by atoms with Crippen LogP contribution >= 0.6 is 34.2 Å².